The molecule has 1 amide bonds. The minimum Gasteiger partial charge on any atom is -0.356 e. The van der Waals surface area contributed by atoms with Crippen LogP contribution in [0.4, 0.5) is 5.82 Å². The second-order valence-electron chi connectivity index (χ2n) is 7.19. The summed E-state index contributed by atoms with van der Waals surface area (Å²) in [5, 5.41) is 1.95. The Balaban J connectivity index is 1.54. The van der Waals surface area contributed by atoms with Crippen LogP contribution in [-0.4, -0.2) is 45.4 Å². The topological polar surface area (TPSA) is 62.2 Å². The molecule has 0 N–H and O–H groups in total. The first kappa shape index (κ1) is 17.3. The Labute approximate surface area is 167 Å². The molecule has 7 heteroatoms. The molecule has 28 heavy (non-hydrogen) atoms. The van der Waals surface area contributed by atoms with E-state index < -0.39 is 0 Å². The molecule has 0 saturated carbocycles. The fourth-order valence-electron chi connectivity index (χ4n) is 3.94. The third-order valence-electron chi connectivity index (χ3n) is 5.38. The fraction of sp³-hybridized carbons (Fsp3) is 0.333. The molecular formula is C21H21N5OS. The molecular weight excluding hydrogens is 370 g/mol. The van der Waals surface area contributed by atoms with E-state index in [-0.39, 0.29) is 5.91 Å². The number of amides is 1. The van der Waals surface area contributed by atoms with Crippen molar-refractivity contribution in [3.8, 4) is 11.4 Å². The molecule has 2 aliphatic heterocycles. The normalized spacial score (nSPS) is 16.3. The monoisotopic (exact) mass is 391 g/mol. The Morgan fingerprint density at radius 1 is 1.07 bits per heavy atom. The molecule has 5 heterocycles. The number of carbonyl (C=O) groups excluding carboxylic acids is 1. The van der Waals surface area contributed by atoms with E-state index in [4.69, 9.17) is 9.97 Å². The fourth-order valence-corrected chi connectivity index (χ4v) is 4.63. The average molecular weight is 392 g/mol. The lowest BCUT2D eigenvalue weighted by Crippen LogP contribution is -2.37. The number of pyridine rings is 1. The minimum absolute atomic E-state index is 0.101. The largest absolute Gasteiger partial charge is 0.356 e. The van der Waals surface area contributed by atoms with Gasteiger partial charge in [0.25, 0.3) is 5.91 Å². The molecule has 0 radical (unpaired) electrons. The lowest BCUT2D eigenvalue weighted by molar-refractivity contribution is 0.0738. The number of carbonyl (C=O) groups is 1. The lowest BCUT2D eigenvalue weighted by atomic mass is 10.0. The van der Waals surface area contributed by atoms with Gasteiger partial charge in [-0.1, -0.05) is 6.07 Å². The number of rotatable bonds is 3. The van der Waals surface area contributed by atoms with Crippen molar-refractivity contribution < 1.29 is 4.79 Å². The highest BCUT2D eigenvalue weighted by atomic mass is 32.1. The quantitative estimate of drug-likeness (QED) is 0.685. The van der Waals surface area contributed by atoms with Crippen molar-refractivity contribution >= 4 is 23.1 Å². The Hall–Kier alpha value is -2.80. The van der Waals surface area contributed by atoms with Gasteiger partial charge in [-0.05, 0) is 36.4 Å². The van der Waals surface area contributed by atoms with Gasteiger partial charge < -0.3 is 9.80 Å². The van der Waals surface area contributed by atoms with Gasteiger partial charge in [0.2, 0.25) is 0 Å². The summed E-state index contributed by atoms with van der Waals surface area (Å²) in [6.45, 7) is 3.28. The first-order chi connectivity index (χ1) is 13.8. The van der Waals surface area contributed by atoms with Crippen molar-refractivity contribution in [2.75, 3.05) is 24.5 Å². The SMILES string of the molecule is O=C(c1cccs1)N1CCc2nc(-c3cccnc3)nc(N3CCCC3)c2C1. The molecule has 1 saturated heterocycles. The number of hydrogen-bond donors (Lipinski definition) is 0. The van der Waals surface area contributed by atoms with E-state index in [1.54, 1.807) is 6.20 Å². The summed E-state index contributed by atoms with van der Waals surface area (Å²) in [5.41, 5.74) is 3.10. The van der Waals surface area contributed by atoms with Crippen LogP contribution in [0.3, 0.4) is 0 Å². The minimum atomic E-state index is 0.101. The molecule has 0 atom stereocenters. The molecule has 5 rings (SSSR count). The van der Waals surface area contributed by atoms with Crippen LogP contribution in [0.2, 0.25) is 0 Å². The summed E-state index contributed by atoms with van der Waals surface area (Å²) in [7, 11) is 0. The van der Waals surface area contributed by atoms with E-state index >= 15 is 0 Å². The Bertz CT molecular complexity index is 984. The molecule has 0 unspecified atom stereocenters. The molecule has 0 spiro atoms. The molecule has 6 nitrogen and oxygen atoms in total. The van der Waals surface area contributed by atoms with Crippen LogP contribution in [0.1, 0.15) is 33.8 Å². The number of anilines is 1. The first-order valence-corrected chi connectivity index (χ1v) is 10.6. The van der Waals surface area contributed by atoms with Gasteiger partial charge >= 0.3 is 0 Å². The van der Waals surface area contributed by atoms with Crippen molar-refractivity contribution in [3.63, 3.8) is 0 Å². The number of fused-ring (bicyclic) bond motifs is 1. The summed E-state index contributed by atoms with van der Waals surface area (Å²) in [6, 6.07) is 7.73. The Kier molecular flexibility index (Phi) is 4.52. The summed E-state index contributed by atoms with van der Waals surface area (Å²) in [6.07, 6.45) is 6.68. The maximum atomic E-state index is 12.9. The predicted molar refractivity (Wildman–Crippen MR) is 109 cm³/mol. The predicted octanol–water partition coefficient (Wildman–Crippen LogP) is 3.40. The summed E-state index contributed by atoms with van der Waals surface area (Å²) < 4.78 is 0. The maximum absolute atomic E-state index is 12.9. The highest BCUT2D eigenvalue weighted by Gasteiger charge is 2.29. The summed E-state index contributed by atoms with van der Waals surface area (Å²) in [4.78, 5) is 31.9. The average Bonchev–Trinajstić information content (AvgIpc) is 3.47. The van der Waals surface area contributed by atoms with Crippen LogP contribution in [-0.2, 0) is 13.0 Å². The molecule has 2 aliphatic rings. The van der Waals surface area contributed by atoms with Gasteiger partial charge in [-0.15, -0.1) is 11.3 Å². The van der Waals surface area contributed by atoms with Crippen molar-refractivity contribution in [1.29, 1.82) is 0 Å². The highest BCUT2D eigenvalue weighted by molar-refractivity contribution is 7.12. The van der Waals surface area contributed by atoms with Crippen LogP contribution >= 0.6 is 11.3 Å². The van der Waals surface area contributed by atoms with Crippen LogP contribution in [0.25, 0.3) is 11.4 Å². The van der Waals surface area contributed by atoms with Crippen LogP contribution in [0, 0.1) is 0 Å². The molecule has 3 aromatic rings. The van der Waals surface area contributed by atoms with Gasteiger partial charge in [0.1, 0.15) is 5.82 Å². The van der Waals surface area contributed by atoms with Gasteiger partial charge in [-0.2, -0.15) is 0 Å². The van der Waals surface area contributed by atoms with Crippen molar-refractivity contribution in [2.45, 2.75) is 25.8 Å². The second kappa shape index (κ2) is 7.31. The van der Waals surface area contributed by atoms with E-state index in [0.29, 0.717) is 13.1 Å². The van der Waals surface area contributed by atoms with Crippen LogP contribution < -0.4 is 4.90 Å². The number of nitrogens with zero attached hydrogens (tertiary/aromatic N) is 5. The number of thiophene rings is 1. The standard InChI is InChI=1S/C21H21N5OS/c27-21(18-6-4-12-28-18)26-11-7-17-16(14-26)20(25-9-1-2-10-25)24-19(23-17)15-5-3-8-22-13-15/h3-6,8,12-13H,1-2,7,9-11,14H2. The van der Waals surface area contributed by atoms with Crippen LogP contribution in [0.15, 0.2) is 42.0 Å². The van der Waals surface area contributed by atoms with Gasteiger partial charge in [0, 0.05) is 49.6 Å². The van der Waals surface area contributed by atoms with Crippen molar-refractivity contribution in [1.82, 2.24) is 19.9 Å². The summed E-state index contributed by atoms with van der Waals surface area (Å²) >= 11 is 1.50. The number of aromatic nitrogens is 3. The van der Waals surface area contributed by atoms with E-state index in [9.17, 15) is 4.79 Å². The van der Waals surface area contributed by atoms with E-state index in [0.717, 1.165) is 52.9 Å². The highest BCUT2D eigenvalue weighted by Crippen LogP contribution is 2.32. The van der Waals surface area contributed by atoms with Gasteiger partial charge in [0.05, 0.1) is 17.1 Å². The van der Waals surface area contributed by atoms with Crippen LogP contribution in [0.5, 0.6) is 0 Å². The Morgan fingerprint density at radius 3 is 2.71 bits per heavy atom. The van der Waals surface area contributed by atoms with Gasteiger partial charge in [-0.25, -0.2) is 9.97 Å². The Morgan fingerprint density at radius 2 is 1.96 bits per heavy atom. The lowest BCUT2D eigenvalue weighted by Gasteiger charge is -2.31. The third-order valence-corrected chi connectivity index (χ3v) is 6.24. The third kappa shape index (κ3) is 3.16. The zero-order chi connectivity index (χ0) is 18.9. The van der Waals surface area contributed by atoms with Gasteiger partial charge in [-0.3, -0.25) is 9.78 Å². The molecule has 0 bridgehead atoms. The zero-order valence-corrected chi connectivity index (χ0v) is 16.4. The smallest absolute Gasteiger partial charge is 0.264 e. The zero-order valence-electron chi connectivity index (χ0n) is 15.5. The molecule has 142 valence electrons. The maximum Gasteiger partial charge on any atom is 0.264 e. The molecule has 0 aliphatic carbocycles. The molecule has 1 fully saturated rings. The van der Waals surface area contributed by atoms with E-state index in [1.807, 2.05) is 40.7 Å². The second-order valence-corrected chi connectivity index (χ2v) is 8.13. The van der Waals surface area contributed by atoms with E-state index in [2.05, 4.69) is 9.88 Å². The molecule has 3 aromatic heterocycles. The van der Waals surface area contributed by atoms with Gasteiger partial charge in [0.15, 0.2) is 5.82 Å². The van der Waals surface area contributed by atoms with Crippen molar-refractivity contribution in [2.24, 2.45) is 0 Å². The van der Waals surface area contributed by atoms with E-state index in [1.165, 1.54) is 24.2 Å². The summed E-state index contributed by atoms with van der Waals surface area (Å²) in [5.74, 6) is 1.82. The first-order valence-electron chi connectivity index (χ1n) is 9.67. The van der Waals surface area contributed by atoms with Crippen molar-refractivity contribution in [3.05, 3.63) is 58.2 Å². The molecule has 0 aromatic carbocycles. The number of hydrogen-bond acceptors (Lipinski definition) is 6.